The van der Waals surface area contributed by atoms with E-state index in [1.165, 1.54) is 0 Å². The van der Waals surface area contributed by atoms with Crippen LogP contribution in [-0.2, 0) is 19.1 Å². The van der Waals surface area contributed by atoms with E-state index in [2.05, 4.69) is 5.32 Å². The SMILES string of the molecule is CCOC(=O)C(C)CNCCC(=O)N1CCOCC1. The molecule has 110 valence electrons. The van der Waals surface area contributed by atoms with Crippen molar-refractivity contribution in [1.82, 2.24) is 10.2 Å². The zero-order valence-corrected chi connectivity index (χ0v) is 11.8. The maximum absolute atomic E-state index is 11.8. The predicted octanol–water partition coefficient (Wildman–Crippen LogP) is 0.0241. The van der Waals surface area contributed by atoms with Crippen molar-refractivity contribution >= 4 is 11.9 Å². The lowest BCUT2D eigenvalue weighted by molar-refractivity contribution is -0.147. The summed E-state index contributed by atoms with van der Waals surface area (Å²) < 4.78 is 10.1. The van der Waals surface area contributed by atoms with Crippen LogP contribution >= 0.6 is 0 Å². The standard InChI is InChI=1S/C13H24N2O4/c1-3-19-13(17)11(2)10-14-5-4-12(16)15-6-8-18-9-7-15/h11,14H,3-10H2,1-2H3. The predicted molar refractivity (Wildman–Crippen MR) is 70.7 cm³/mol. The van der Waals surface area contributed by atoms with Gasteiger partial charge in [-0.3, -0.25) is 9.59 Å². The van der Waals surface area contributed by atoms with Crippen molar-refractivity contribution in [3.8, 4) is 0 Å². The van der Waals surface area contributed by atoms with Crippen molar-refractivity contribution in [2.24, 2.45) is 5.92 Å². The number of carbonyl (C=O) groups excluding carboxylic acids is 2. The first-order valence-corrected chi connectivity index (χ1v) is 6.88. The zero-order chi connectivity index (χ0) is 14.1. The summed E-state index contributed by atoms with van der Waals surface area (Å²) in [5, 5.41) is 3.11. The number of hydrogen-bond donors (Lipinski definition) is 1. The molecule has 1 unspecified atom stereocenters. The maximum atomic E-state index is 11.8. The van der Waals surface area contributed by atoms with E-state index in [0.29, 0.717) is 52.4 Å². The van der Waals surface area contributed by atoms with Crippen molar-refractivity contribution in [2.75, 3.05) is 46.0 Å². The number of nitrogens with one attached hydrogen (secondary N) is 1. The Balaban J connectivity index is 2.09. The number of rotatable bonds is 7. The minimum atomic E-state index is -0.200. The Bertz CT molecular complexity index is 290. The molecule has 0 aliphatic carbocycles. The smallest absolute Gasteiger partial charge is 0.309 e. The van der Waals surface area contributed by atoms with Gasteiger partial charge in [-0.1, -0.05) is 6.92 Å². The van der Waals surface area contributed by atoms with Crippen LogP contribution < -0.4 is 5.32 Å². The van der Waals surface area contributed by atoms with Gasteiger partial charge in [0.1, 0.15) is 0 Å². The molecule has 1 fully saturated rings. The minimum absolute atomic E-state index is 0.139. The summed E-state index contributed by atoms with van der Waals surface area (Å²) in [5.41, 5.74) is 0. The van der Waals surface area contributed by atoms with Crippen molar-refractivity contribution in [3.63, 3.8) is 0 Å². The first kappa shape index (κ1) is 15.9. The molecule has 0 bridgehead atoms. The van der Waals surface area contributed by atoms with Gasteiger partial charge < -0.3 is 19.7 Å². The third kappa shape index (κ3) is 6.02. The molecular weight excluding hydrogens is 248 g/mol. The van der Waals surface area contributed by atoms with Crippen LogP contribution in [0.15, 0.2) is 0 Å². The number of nitrogens with zero attached hydrogens (tertiary/aromatic N) is 1. The van der Waals surface area contributed by atoms with E-state index in [-0.39, 0.29) is 17.8 Å². The van der Waals surface area contributed by atoms with Gasteiger partial charge in [0.15, 0.2) is 0 Å². The Kier molecular flexibility index (Phi) is 7.43. The van der Waals surface area contributed by atoms with E-state index < -0.39 is 0 Å². The summed E-state index contributed by atoms with van der Waals surface area (Å²) in [6.45, 7) is 7.73. The molecule has 0 spiro atoms. The van der Waals surface area contributed by atoms with Gasteiger partial charge in [0.25, 0.3) is 0 Å². The van der Waals surface area contributed by atoms with Crippen LogP contribution in [0.4, 0.5) is 0 Å². The molecule has 1 rings (SSSR count). The highest BCUT2D eigenvalue weighted by Gasteiger charge is 2.17. The summed E-state index contributed by atoms with van der Waals surface area (Å²) >= 11 is 0. The molecule has 0 saturated carbocycles. The normalized spacial score (nSPS) is 17.1. The van der Waals surface area contributed by atoms with E-state index in [9.17, 15) is 9.59 Å². The largest absolute Gasteiger partial charge is 0.466 e. The summed E-state index contributed by atoms with van der Waals surface area (Å²) in [7, 11) is 0. The van der Waals surface area contributed by atoms with E-state index >= 15 is 0 Å². The fourth-order valence-electron chi connectivity index (χ4n) is 1.85. The van der Waals surface area contributed by atoms with Crippen LogP contribution in [0, 0.1) is 5.92 Å². The summed E-state index contributed by atoms with van der Waals surface area (Å²) in [4.78, 5) is 25.0. The fourth-order valence-corrected chi connectivity index (χ4v) is 1.85. The van der Waals surface area contributed by atoms with Gasteiger partial charge in [-0.15, -0.1) is 0 Å². The lowest BCUT2D eigenvalue weighted by Crippen LogP contribution is -2.42. The molecule has 6 heteroatoms. The Morgan fingerprint density at radius 2 is 2.05 bits per heavy atom. The summed E-state index contributed by atoms with van der Waals surface area (Å²) in [5.74, 6) is -0.243. The zero-order valence-electron chi connectivity index (χ0n) is 11.8. The van der Waals surface area contributed by atoms with Crippen LogP contribution in [0.1, 0.15) is 20.3 Å². The maximum Gasteiger partial charge on any atom is 0.309 e. The average molecular weight is 272 g/mol. The van der Waals surface area contributed by atoms with Gasteiger partial charge >= 0.3 is 5.97 Å². The van der Waals surface area contributed by atoms with Gasteiger partial charge in [0, 0.05) is 32.6 Å². The summed E-state index contributed by atoms with van der Waals surface area (Å²) in [6.07, 6.45) is 0.454. The molecule has 6 nitrogen and oxygen atoms in total. The molecule has 1 amide bonds. The molecule has 1 aliphatic heterocycles. The topological polar surface area (TPSA) is 67.9 Å². The van der Waals surface area contributed by atoms with Crippen molar-refractivity contribution in [1.29, 1.82) is 0 Å². The number of amides is 1. The third-order valence-electron chi connectivity index (χ3n) is 3.02. The molecule has 1 aliphatic rings. The van der Waals surface area contributed by atoms with Crippen molar-refractivity contribution < 1.29 is 19.1 Å². The number of ether oxygens (including phenoxy) is 2. The van der Waals surface area contributed by atoms with Crippen molar-refractivity contribution in [2.45, 2.75) is 20.3 Å². The fraction of sp³-hybridized carbons (Fsp3) is 0.846. The highest BCUT2D eigenvalue weighted by molar-refractivity contribution is 5.76. The molecule has 19 heavy (non-hydrogen) atoms. The highest BCUT2D eigenvalue weighted by atomic mass is 16.5. The Morgan fingerprint density at radius 1 is 1.37 bits per heavy atom. The molecule has 0 aromatic rings. The lowest BCUT2D eigenvalue weighted by atomic mass is 10.2. The first-order chi connectivity index (χ1) is 9.15. The molecule has 1 N–H and O–H groups in total. The van der Waals surface area contributed by atoms with Crippen LogP contribution in [0.25, 0.3) is 0 Å². The van der Waals surface area contributed by atoms with Gasteiger partial charge in [-0.25, -0.2) is 0 Å². The van der Waals surface area contributed by atoms with Gasteiger partial charge in [-0.05, 0) is 6.92 Å². The average Bonchev–Trinajstić information content (AvgIpc) is 2.44. The van der Waals surface area contributed by atoms with Crippen LogP contribution in [0.3, 0.4) is 0 Å². The number of hydrogen-bond acceptors (Lipinski definition) is 5. The third-order valence-corrected chi connectivity index (χ3v) is 3.02. The van der Waals surface area contributed by atoms with E-state index in [4.69, 9.17) is 9.47 Å². The number of carbonyl (C=O) groups is 2. The van der Waals surface area contributed by atoms with Crippen LogP contribution in [0.5, 0.6) is 0 Å². The lowest BCUT2D eigenvalue weighted by Gasteiger charge is -2.26. The van der Waals surface area contributed by atoms with Gasteiger partial charge in [0.05, 0.1) is 25.7 Å². The van der Waals surface area contributed by atoms with E-state index in [1.54, 1.807) is 6.92 Å². The van der Waals surface area contributed by atoms with Crippen molar-refractivity contribution in [3.05, 3.63) is 0 Å². The van der Waals surface area contributed by atoms with E-state index in [1.807, 2.05) is 11.8 Å². The Morgan fingerprint density at radius 3 is 2.68 bits per heavy atom. The van der Waals surface area contributed by atoms with Crippen LogP contribution in [-0.4, -0.2) is 62.8 Å². The molecule has 0 aromatic carbocycles. The molecule has 0 radical (unpaired) electrons. The Labute approximate surface area is 114 Å². The highest BCUT2D eigenvalue weighted by Crippen LogP contribution is 2.00. The second kappa shape index (κ2) is 8.87. The monoisotopic (exact) mass is 272 g/mol. The van der Waals surface area contributed by atoms with E-state index in [0.717, 1.165) is 0 Å². The van der Waals surface area contributed by atoms with Gasteiger partial charge in [0.2, 0.25) is 5.91 Å². The Hall–Kier alpha value is -1.14. The second-order valence-corrected chi connectivity index (χ2v) is 4.60. The molecular formula is C13H24N2O4. The minimum Gasteiger partial charge on any atom is -0.466 e. The van der Waals surface area contributed by atoms with Crippen LogP contribution in [0.2, 0.25) is 0 Å². The summed E-state index contributed by atoms with van der Waals surface area (Å²) in [6, 6.07) is 0. The molecule has 1 atom stereocenters. The number of esters is 1. The van der Waals surface area contributed by atoms with Gasteiger partial charge in [-0.2, -0.15) is 0 Å². The second-order valence-electron chi connectivity index (χ2n) is 4.60. The quantitative estimate of drug-likeness (QED) is 0.523. The molecule has 0 aromatic heterocycles. The molecule has 1 heterocycles. The molecule has 1 saturated heterocycles. The first-order valence-electron chi connectivity index (χ1n) is 6.88. The number of morpholine rings is 1.